The Labute approximate surface area is 125 Å². The zero-order valence-electron chi connectivity index (χ0n) is 12.4. The van der Waals surface area contributed by atoms with Crippen LogP contribution in [0.4, 0.5) is 5.69 Å². The Bertz CT molecular complexity index is 421. The fourth-order valence-electron chi connectivity index (χ4n) is 2.57. The van der Waals surface area contributed by atoms with Crippen molar-refractivity contribution in [2.45, 2.75) is 40.3 Å². The first kappa shape index (κ1) is 14.9. The minimum absolute atomic E-state index is 0.527. The third kappa shape index (κ3) is 3.73. The molecule has 0 radical (unpaired) electrons. The van der Waals surface area contributed by atoms with Gasteiger partial charge in [0.15, 0.2) is 0 Å². The lowest BCUT2D eigenvalue weighted by atomic mass is 10.0. The molecule has 3 heteroatoms. The maximum Gasteiger partial charge on any atom is 0.0511 e. The Morgan fingerprint density at radius 3 is 2.42 bits per heavy atom. The van der Waals surface area contributed by atoms with Crippen LogP contribution in [0, 0.1) is 11.8 Å². The molecule has 0 spiro atoms. The zero-order valence-corrected chi connectivity index (χ0v) is 14.0. The molecule has 1 aromatic carbocycles. The molecule has 1 aromatic rings. The number of nitrogens with one attached hydrogen (secondary N) is 1. The summed E-state index contributed by atoms with van der Waals surface area (Å²) in [5.41, 5.74) is 2.68. The van der Waals surface area contributed by atoms with Gasteiger partial charge < -0.3 is 10.2 Å². The normalized spacial score (nSPS) is 23.4. The van der Waals surface area contributed by atoms with Gasteiger partial charge in [-0.25, -0.2) is 0 Å². The molecule has 1 aliphatic heterocycles. The summed E-state index contributed by atoms with van der Waals surface area (Å²) in [5.74, 6) is 1.57. The van der Waals surface area contributed by atoms with E-state index in [0.29, 0.717) is 6.04 Å². The number of hydrogen-bond acceptors (Lipinski definition) is 2. The fourth-order valence-corrected chi connectivity index (χ4v) is 3.24. The highest BCUT2D eigenvalue weighted by atomic mass is 79.9. The van der Waals surface area contributed by atoms with Crippen LogP contribution < -0.4 is 10.2 Å². The van der Waals surface area contributed by atoms with Gasteiger partial charge in [-0.15, -0.1) is 0 Å². The van der Waals surface area contributed by atoms with Gasteiger partial charge >= 0.3 is 0 Å². The summed E-state index contributed by atoms with van der Waals surface area (Å²) in [6.45, 7) is 12.3. The third-order valence-corrected chi connectivity index (χ3v) is 4.69. The van der Waals surface area contributed by atoms with Crippen molar-refractivity contribution < 1.29 is 0 Å². The Kier molecular flexibility index (Phi) is 4.91. The average molecular weight is 325 g/mol. The van der Waals surface area contributed by atoms with E-state index in [9.17, 15) is 0 Å². The number of rotatable bonds is 4. The van der Waals surface area contributed by atoms with Crippen LogP contribution in [0.5, 0.6) is 0 Å². The van der Waals surface area contributed by atoms with Crippen molar-refractivity contribution in [3.05, 3.63) is 28.2 Å². The van der Waals surface area contributed by atoms with Gasteiger partial charge in [0.1, 0.15) is 0 Å². The molecule has 0 aliphatic carbocycles. The van der Waals surface area contributed by atoms with Crippen molar-refractivity contribution in [1.29, 1.82) is 0 Å². The average Bonchev–Trinajstić information content (AvgIpc) is 2.67. The largest absolute Gasteiger partial charge is 0.370 e. The minimum atomic E-state index is 0.527. The van der Waals surface area contributed by atoms with Crippen LogP contribution in [-0.2, 0) is 6.54 Å². The highest BCUT2D eigenvalue weighted by Crippen LogP contribution is 2.33. The van der Waals surface area contributed by atoms with Crippen molar-refractivity contribution in [2.75, 3.05) is 18.0 Å². The van der Waals surface area contributed by atoms with Crippen LogP contribution in [0.3, 0.4) is 0 Å². The molecule has 19 heavy (non-hydrogen) atoms. The van der Waals surface area contributed by atoms with Gasteiger partial charge in [-0.05, 0) is 45.5 Å². The van der Waals surface area contributed by atoms with Gasteiger partial charge in [-0.3, -0.25) is 0 Å². The van der Waals surface area contributed by atoms with E-state index in [1.165, 1.54) is 28.8 Å². The second kappa shape index (κ2) is 6.27. The quantitative estimate of drug-likeness (QED) is 0.899. The van der Waals surface area contributed by atoms with Gasteiger partial charge in [0, 0.05) is 30.1 Å². The van der Waals surface area contributed by atoms with Crippen LogP contribution >= 0.6 is 15.9 Å². The lowest BCUT2D eigenvalue weighted by Gasteiger charge is -2.21. The van der Waals surface area contributed by atoms with E-state index in [2.05, 4.69) is 72.0 Å². The van der Waals surface area contributed by atoms with Gasteiger partial charge in [-0.2, -0.15) is 0 Å². The lowest BCUT2D eigenvalue weighted by molar-refractivity contribution is 0.494. The maximum absolute atomic E-state index is 3.73. The molecule has 1 saturated heterocycles. The molecule has 0 aromatic heterocycles. The van der Waals surface area contributed by atoms with Crippen LogP contribution in [0.1, 0.15) is 33.3 Å². The highest BCUT2D eigenvalue weighted by molar-refractivity contribution is 9.10. The van der Waals surface area contributed by atoms with E-state index < -0.39 is 0 Å². The summed E-state index contributed by atoms with van der Waals surface area (Å²) < 4.78 is 1.22. The molecule has 106 valence electrons. The topological polar surface area (TPSA) is 15.3 Å². The standard InChI is InChI=1S/C16H25BrN2/c1-11(2)18-8-14-5-6-16(15(17)7-14)19-9-12(3)13(4)10-19/h5-7,11-13,18H,8-10H2,1-4H3. The first-order chi connectivity index (χ1) is 8.97. The van der Waals surface area contributed by atoms with Crippen LogP contribution in [0.25, 0.3) is 0 Å². The summed E-state index contributed by atoms with van der Waals surface area (Å²) in [7, 11) is 0. The SMILES string of the molecule is CC(C)NCc1ccc(N2CC(C)C(C)C2)c(Br)c1. The Morgan fingerprint density at radius 2 is 1.89 bits per heavy atom. The summed E-state index contributed by atoms with van der Waals surface area (Å²) in [5, 5.41) is 3.46. The van der Waals surface area contributed by atoms with Crippen molar-refractivity contribution in [1.82, 2.24) is 5.32 Å². The number of benzene rings is 1. The fraction of sp³-hybridized carbons (Fsp3) is 0.625. The van der Waals surface area contributed by atoms with Crippen LogP contribution in [0.15, 0.2) is 22.7 Å². The number of nitrogens with zero attached hydrogens (tertiary/aromatic N) is 1. The summed E-state index contributed by atoms with van der Waals surface area (Å²) >= 11 is 3.73. The summed E-state index contributed by atoms with van der Waals surface area (Å²) in [6.07, 6.45) is 0. The van der Waals surface area contributed by atoms with E-state index in [-0.39, 0.29) is 0 Å². The van der Waals surface area contributed by atoms with Crippen molar-refractivity contribution in [3.8, 4) is 0 Å². The lowest BCUT2D eigenvalue weighted by Crippen LogP contribution is -2.22. The number of anilines is 1. The molecular weight excluding hydrogens is 300 g/mol. The molecule has 0 amide bonds. The minimum Gasteiger partial charge on any atom is -0.370 e. The van der Waals surface area contributed by atoms with Crippen molar-refractivity contribution in [3.63, 3.8) is 0 Å². The highest BCUT2D eigenvalue weighted by Gasteiger charge is 2.27. The summed E-state index contributed by atoms with van der Waals surface area (Å²) in [4.78, 5) is 2.50. The second-order valence-corrected chi connectivity index (χ2v) is 7.04. The zero-order chi connectivity index (χ0) is 14.0. The van der Waals surface area contributed by atoms with Crippen molar-refractivity contribution in [2.24, 2.45) is 11.8 Å². The first-order valence-corrected chi connectivity index (χ1v) is 8.03. The third-order valence-electron chi connectivity index (χ3n) is 4.06. The van der Waals surface area contributed by atoms with Gasteiger partial charge in [0.2, 0.25) is 0 Å². The molecule has 2 atom stereocenters. The van der Waals surface area contributed by atoms with Gasteiger partial charge in [-0.1, -0.05) is 33.8 Å². The Hall–Kier alpha value is -0.540. The first-order valence-electron chi connectivity index (χ1n) is 7.24. The molecule has 0 bridgehead atoms. The Morgan fingerprint density at radius 1 is 1.26 bits per heavy atom. The molecule has 0 saturated carbocycles. The van der Waals surface area contributed by atoms with Crippen molar-refractivity contribution >= 4 is 21.6 Å². The number of halogens is 1. The molecular formula is C16H25BrN2. The van der Waals surface area contributed by atoms with E-state index in [1.54, 1.807) is 0 Å². The molecule has 1 heterocycles. The maximum atomic E-state index is 3.73. The van der Waals surface area contributed by atoms with Gasteiger partial charge in [0.05, 0.1) is 5.69 Å². The van der Waals surface area contributed by atoms with Crippen LogP contribution in [0.2, 0.25) is 0 Å². The predicted octanol–water partition coefficient (Wildman–Crippen LogP) is 4.04. The van der Waals surface area contributed by atoms with E-state index in [4.69, 9.17) is 0 Å². The monoisotopic (exact) mass is 324 g/mol. The Balaban J connectivity index is 2.07. The smallest absolute Gasteiger partial charge is 0.0511 e. The molecule has 1 fully saturated rings. The molecule has 2 nitrogen and oxygen atoms in total. The molecule has 1 N–H and O–H groups in total. The van der Waals surface area contributed by atoms with E-state index >= 15 is 0 Å². The van der Waals surface area contributed by atoms with E-state index in [0.717, 1.165) is 18.4 Å². The summed E-state index contributed by atoms with van der Waals surface area (Å²) in [6, 6.07) is 7.27. The molecule has 2 unspecified atom stereocenters. The molecule has 1 aliphatic rings. The van der Waals surface area contributed by atoms with E-state index in [1.807, 2.05) is 0 Å². The predicted molar refractivity (Wildman–Crippen MR) is 86.7 cm³/mol. The second-order valence-electron chi connectivity index (χ2n) is 6.18. The van der Waals surface area contributed by atoms with Crippen LogP contribution in [-0.4, -0.2) is 19.1 Å². The van der Waals surface area contributed by atoms with Gasteiger partial charge in [0.25, 0.3) is 0 Å². The molecule has 2 rings (SSSR count). The number of hydrogen-bond donors (Lipinski definition) is 1.